The van der Waals surface area contributed by atoms with E-state index >= 15 is 0 Å². The first-order valence-corrected chi connectivity index (χ1v) is 8.65. The van der Waals surface area contributed by atoms with Crippen LogP contribution in [-0.2, 0) is 4.79 Å². The lowest BCUT2D eigenvalue weighted by Gasteiger charge is -2.21. The maximum atomic E-state index is 12.4. The number of carbonyl (C=O) groups is 1. The van der Waals surface area contributed by atoms with Crippen LogP contribution in [0.15, 0.2) is 42.5 Å². The van der Waals surface area contributed by atoms with Gasteiger partial charge in [-0.1, -0.05) is 42.3 Å². The van der Waals surface area contributed by atoms with Gasteiger partial charge in [-0.15, -0.1) is 0 Å². The van der Waals surface area contributed by atoms with Gasteiger partial charge in [-0.05, 0) is 61.7 Å². The summed E-state index contributed by atoms with van der Waals surface area (Å²) in [4.78, 5) is 12.4. The molecule has 0 saturated carbocycles. The van der Waals surface area contributed by atoms with Gasteiger partial charge in [0.15, 0.2) is 6.10 Å². The maximum Gasteiger partial charge on any atom is 0.261 e. The van der Waals surface area contributed by atoms with Gasteiger partial charge in [0, 0.05) is 10.0 Å². The molecule has 2 aromatic rings. The van der Waals surface area contributed by atoms with Crippen molar-refractivity contribution < 1.29 is 9.53 Å². The number of ether oxygens (including phenoxy) is 1. The van der Waals surface area contributed by atoms with Crippen LogP contribution in [0.4, 0.5) is 0 Å². The first-order valence-electron chi connectivity index (χ1n) is 7.89. The van der Waals surface area contributed by atoms with Crippen LogP contribution < -0.4 is 10.1 Å². The zero-order chi connectivity index (χ0) is 17.7. The van der Waals surface area contributed by atoms with E-state index in [9.17, 15) is 4.79 Å². The van der Waals surface area contributed by atoms with Crippen LogP contribution in [0.2, 0.25) is 10.0 Å². The molecule has 2 rings (SSSR count). The molecule has 0 heterocycles. The van der Waals surface area contributed by atoms with Crippen molar-refractivity contribution >= 4 is 29.1 Å². The van der Waals surface area contributed by atoms with Crippen LogP contribution in [0, 0.1) is 6.92 Å². The van der Waals surface area contributed by atoms with Crippen molar-refractivity contribution in [3.63, 3.8) is 0 Å². The Balaban J connectivity index is 2.02. The molecule has 0 aliphatic rings. The molecule has 128 valence electrons. The van der Waals surface area contributed by atoms with Crippen LogP contribution >= 0.6 is 23.2 Å². The van der Waals surface area contributed by atoms with Crippen molar-refractivity contribution in [2.45, 2.75) is 39.3 Å². The fraction of sp³-hybridized carbons (Fsp3) is 0.316. The summed E-state index contributed by atoms with van der Waals surface area (Å²) in [6.45, 7) is 5.65. The van der Waals surface area contributed by atoms with Gasteiger partial charge in [-0.3, -0.25) is 4.79 Å². The highest BCUT2D eigenvalue weighted by molar-refractivity contribution is 6.30. The van der Waals surface area contributed by atoms with Crippen molar-refractivity contribution in [2.24, 2.45) is 0 Å². The lowest BCUT2D eigenvalue weighted by Crippen LogP contribution is -2.38. The van der Waals surface area contributed by atoms with Crippen molar-refractivity contribution in [2.75, 3.05) is 0 Å². The number of nitrogens with one attached hydrogen (secondary N) is 1. The molecule has 2 unspecified atom stereocenters. The van der Waals surface area contributed by atoms with Gasteiger partial charge in [0.1, 0.15) is 5.75 Å². The van der Waals surface area contributed by atoms with E-state index in [0.717, 1.165) is 17.5 Å². The highest BCUT2D eigenvalue weighted by Crippen LogP contribution is 2.23. The number of rotatable bonds is 6. The van der Waals surface area contributed by atoms with Crippen LogP contribution in [0.1, 0.15) is 37.4 Å². The second-order valence-electron chi connectivity index (χ2n) is 5.69. The SMILES string of the molecule is CCC(NC(=O)C(C)Oc1ccc(Cl)cc1C)c1ccc(Cl)cc1. The lowest BCUT2D eigenvalue weighted by molar-refractivity contribution is -0.128. The summed E-state index contributed by atoms with van der Waals surface area (Å²) < 4.78 is 5.77. The van der Waals surface area contributed by atoms with E-state index in [2.05, 4.69) is 5.32 Å². The number of carbonyl (C=O) groups excluding carboxylic acids is 1. The Morgan fingerprint density at radius 2 is 1.75 bits per heavy atom. The molecule has 1 amide bonds. The zero-order valence-corrected chi connectivity index (χ0v) is 15.5. The van der Waals surface area contributed by atoms with E-state index in [4.69, 9.17) is 27.9 Å². The van der Waals surface area contributed by atoms with Crippen LogP contribution in [0.3, 0.4) is 0 Å². The molecule has 0 saturated heterocycles. The van der Waals surface area contributed by atoms with Crippen LogP contribution in [-0.4, -0.2) is 12.0 Å². The first kappa shape index (κ1) is 18.6. The van der Waals surface area contributed by atoms with Gasteiger partial charge in [0.2, 0.25) is 0 Å². The van der Waals surface area contributed by atoms with Crippen molar-refractivity contribution in [3.8, 4) is 5.75 Å². The van der Waals surface area contributed by atoms with Gasteiger partial charge in [0.05, 0.1) is 6.04 Å². The molecule has 0 radical (unpaired) electrons. The van der Waals surface area contributed by atoms with Crippen LogP contribution in [0.5, 0.6) is 5.75 Å². The number of hydrogen-bond acceptors (Lipinski definition) is 2. The smallest absolute Gasteiger partial charge is 0.261 e. The van der Waals surface area contributed by atoms with E-state index in [1.54, 1.807) is 19.1 Å². The molecule has 2 aromatic carbocycles. The summed E-state index contributed by atoms with van der Waals surface area (Å²) >= 11 is 11.9. The maximum absolute atomic E-state index is 12.4. The molecule has 0 fully saturated rings. The number of halogens is 2. The minimum atomic E-state index is -0.605. The molecule has 0 aliphatic carbocycles. The Morgan fingerprint density at radius 1 is 1.12 bits per heavy atom. The molecular weight excluding hydrogens is 345 g/mol. The van der Waals surface area contributed by atoms with E-state index in [1.807, 2.05) is 44.2 Å². The summed E-state index contributed by atoms with van der Waals surface area (Å²) in [6, 6.07) is 12.7. The third-order valence-corrected chi connectivity index (χ3v) is 4.29. The molecule has 3 nitrogen and oxygen atoms in total. The second kappa shape index (κ2) is 8.41. The van der Waals surface area contributed by atoms with Crippen LogP contribution in [0.25, 0.3) is 0 Å². The van der Waals surface area contributed by atoms with E-state index in [-0.39, 0.29) is 11.9 Å². The van der Waals surface area contributed by atoms with E-state index in [0.29, 0.717) is 15.8 Å². The molecular formula is C19H21Cl2NO2. The van der Waals surface area contributed by atoms with Gasteiger partial charge < -0.3 is 10.1 Å². The summed E-state index contributed by atoms with van der Waals surface area (Å²) in [5.74, 6) is 0.493. The van der Waals surface area contributed by atoms with Gasteiger partial charge in [-0.2, -0.15) is 0 Å². The zero-order valence-electron chi connectivity index (χ0n) is 14.0. The predicted octanol–water partition coefficient (Wildman–Crippen LogP) is 5.34. The standard InChI is InChI=1S/C19H21Cl2NO2/c1-4-17(14-5-7-15(20)8-6-14)22-19(23)13(3)24-18-10-9-16(21)11-12(18)2/h5-11,13,17H,4H2,1-3H3,(H,22,23). The Morgan fingerprint density at radius 3 is 2.33 bits per heavy atom. The normalized spacial score (nSPS) is 13.2. The largest absolute Gasteiger partial charge is 0.481 e. The number of aryl methyl sites for hydroxylation is 1. The third-order valence-electron chi connectivity index (χ3n) is 3.81. The molecule has 24 heavy (non-hydrogen) atoms. The predicted molar refractivity (Wildman–Crippen MR) is 98.9 cm³/mol. The molecule has 0 aromatic heterocycles. The van der Waals surface area contributed by atoms with E-state index < -0.39 is 6.10 Å². The second-order valence-corrected chi connectivity index (χ2v) is 6.56. The third kappa shape index (κ3) is 4.89. The van der Waals surface area contributed by atoms with Crippen molar-refractivity contribution in [1.29, 1.82) is 0 Å². The topological polar surface area (TPSA) is 38.3 Å². The number of amides is 1. The average molecular weight is 366 g/mol. The fourth-order valence-electron chi connectivity index (χ4n) is 2.39. The molecule has 0 bridgehead atoms. The summed E-state index contributed by atoms with van der Waals surface area (Å²) in [5, 5.41) is 4.34. The van der Waals surface area contributed by atoms with Crippen molar-refractivity contribution in [3.05, 3.63) is 63.6 Å². The quantitative estimate of drug-likeness (QED) is 0.750. The highest BCUT2D eigenvalue weighted by Gasteiger charge is 2.20. The molecule has 1 N–H and O–H groups in total. The Bertz CT molecular complexity index is 701. The Labute approximate surface area is 152 Å². The van der Waals surface area contributed by atoms with Gasteiger partial charge in [0.25, 0.3) is 5.91 Å². The average Bonchev–Trinajstić information content (AvgIpc) is 2.55. The number of benzene rings is 2. The minimum Gasteiger partial charge on any atom is -0.481 e. The summed E-state index contributed by atoms with van der Waals surface area (Å²) in [6.07, 6.45) is 0.172. The Kier molecular flexibility index (Phi) is 6.52. The summed E-state index contributed by atoms with van der Waals surface area (Å²) in [5.41, 5.74) is 1.91. The van der Waals surface area contributed by atoms with Gasteiger partial charge in [-0.25, -0.2) is 0 Å². The monoisotopic (exact) mass is 365 g/mol. The Hall–Kier alpha value is -1.71. The molecule has 0 aliphatic heterocycles. The molecule has 2 atom stereocenters. The molecule has 0 spiro atoms. The number of hydrogen-bond donors (Lipinski definition) is 1. The lowest BCUT2D eigenvalue weighted by atomic mass is 10.0. The van der Waals surface area contributed by atoms with Gasteiger partial charge >= 0.3 is 0 Å². The fourth-order valence-corrected chi connectivity index (χ4v) is 2.75. The van der Waals surface area contributed by atoms with E-state index in [1.165, 1.54) is 0 Å². The summed E-state index contributed by atoms with van der Waals surface area (Å²) in [7, 11) is 0. The highest BCUT2D eigenvalue weighted by atomic mass is 35.5. The minimum absolute atomic E-state index is 0.0767. The van der Waals surface area contributed by atoms with Crippen molar-refractivity contribution in [1.82, 2.24) is 5.32 Å². The molecule has 5 heteroatoms. The first-order chi connectivity index (χ1) is 11.4.